The number of carbonyl (C=O) groups is 3. The number of carboxylic acids is 1. The lowest BCUT2D eigenvalue weighted by Crippen LogP contribution is -2.37. The van der Waals surface area contributed by atoms with Crippen LogP contribution in [0.5, 0.6) is 0 Å². The summed E-state index contributed by atoms with van der Waals surface area (Å²) in [5.41, 5.74) is -0.0780. The van der Waals surface area contributed by atoms with Crippen molar-refractivity contribution < 1.29 is 19.5 Å². The molecule has 8 heteroatoms. The van der Waals surface area contributed by atoms with Crippen molar-refractivity contribution in [1.82, 2.24) is 10.3 Å². The van der Waals surface area contributed by atoms with Crippen LogP contribution in [-0.4, -0.2) is 33.9 Å². The molecule has 1 aromatic carbocycles. The summed E-state index contributed by atoms with van der Waals surface area (Å²) in [7, 11) is 0. The van der Waals surface area contributed by atoms with Crippen LogP contribution in [0.15, 0.2) is 29.2 Å². The Morgan fingerprint density at radius 3 is 2.70 bits per heavy atom. The van der Waals surface area contributed by atoms with E-state index < -0.39 is 17.4 Å². The van der Waals surface area contributed by atoms with Crippen LogP contribution in [0.4, 0.5) is 5.69 Å². The molecule has 1 aliphatic heterocycles. The number of rotatable bonds is 3. The highest BCUT2D eigenvalue weighted by Gasteiger charge is 2.27. The number of aromatic nitrogens is 1. The van der Waals surface area contributed by atoms with Crippen molar-refractivity contribution in [2.24, 2.45) is 0 Å². The van der Waals surface area contributed by atoms with E-state index >= 15 is 0 Å². The summed E-state index contributed by atoms with van der Waals surface area (Å²) < 4.78 is 0. The smallest absolute Gasteiger partial charge is 0.341 e. The first-order valence-electron chi connectivity index (χ1n) is 6.94. The van der Waals surface area contributed by atoms with E-state index in [0.717, 1.165) is 6.20 Å². The molecule has 0 radical (unpaired) electrons. The molecule has 1 aliphatic rings. The minimum atomic E-state index is -1.30. The molecule has 1 aromatic heterocycles. The number of aromatic carboxylic acids is 1. The fraction of sp³-hybridized carbons (Fsp3) is 0.200. The Kier molecular flexibility index (Phi) is 3.57. The Labute approximate surface area is 129 Å². The van der Waals surface area contributed by atoms with Crippen molar-refractivity contribution in [2.45, 2.75) is 18.9 Å². The first-order valence-corrected chi connectivity index (χ1v) is 6.94. The summed E-state index contributed by atoms with van der Waals surface area (Å²) in [6.07, 6.45) is 1.88. The number of anilines is 1. The third-order valence-electron chi connectivity index (χ3n) is 3.69. The molecular formula is C15H13N3O5. The molecule has 118 valence electrons. The SMILES string of the molecule is O=C1CCC(C(=O)Nc2ccc3c(=O)c(C(=O)O)c[nH]c3c2)N1. The topological polar surface area (TPSA) is 128 Å². The summed E-state index contributed by atoms with van der Waals surface area (Å²) in [5, 5.41) is 14.4. The van der Waals surface area contributed by atoms with Gasteiger partial charge in [0.15, 0.2) is 0 Å². The summed E-state index contributed by atoms with van der Waals surface area (Å²) in [4.78, 5) is 48.8. The average Bonchev–Trinajstić information content (AvgIpc) is 2.94. The van der Waals surface area contributed by atoms with Crippen LogP contribution >= 0.6 is 0 Å². The standard InChI is InChI=1S/C15H13N3O5/c19-12-4-3-10(18-12)14(21)17-7-1-2-8-11(5-7)16-6-9(13(8)20)15(22)23/h1-2,5-6,10H,3-4H2,(H,16,20)(H,17,21)(H,18,19)(H,22,23). The van der Waals surface area contributed by atoms with E-state index in [1.54, 1.807) is 0 Å². The second-order valence-electron chi connectivity index (χ2n) is 5.25. The number of carboxylic acid groups (broad SMARTS) is 1. The predicted molar refractivity (Wildman–Crippen MR) is 81.3 cm³/mol. The zero-order valence-corrected chi connectivity index (χ0v) is 11.9. The van der Waals surface area contributed by atoms with Gasteiger partial charge in [0.1, 0.15) is 11.6 Å². The molecule has 1 unspecified atom stereocenters. The number of pyridine rings is 1. The van der Waals surface area contributed by atoms with Crippen LogP contribution in [0.2, 0.25) is 0 Å². The molecule has 2 heterocycles. The van der Waals surface area contributed by atoms with Crippen molar-refractivity contribution in [1.29, 1.82) is 0 Å². The average molecular weight is 315 g/mol. The maximum Gasteiger partial charge on any atom is 0.341 e. The Bertz CT molecular complexity index is 886. The van der Waals surface area contributed by atoms with Gasteiger partial charge in [-0.25, -0.2) is 4.79 Å². The summed E-state index contributed by atoms with van der Waals surface area (Å²) in [6.45, 7) is 0. The molecule has 0 saturated carbocycles. The van der Waals surface area contributed by atoms with Gasteiger partial charge in [-0.2, -0.15) is 0 Å². The van der Waals surface area contributed by atoms with Gasteiger partial charge in [-0.3, -0.25) is 14.4 Å². The quantitative estimate of drug-likeness (QED) is 0.653. The zero-order valence-electron chi connectivity index (χ0n) is 11.9. The first-order chi connectivity index (χ1) is 11.0. The van der Waals surface area contributed by atoms with Gasteiger partial charge in [-0.1, -0.05) is 0 Å². The van der Waals surface area contributed by atoms with Gasteiger partial charge >= 0.3 is 5.97 Å². The zero-order chi connectivity index (χ0) is 16.6. The number of benzene rings is 1. The van der Waals surface area contributed by atoms with Gasteiger partial charge in [0.2, 0.25) is 17.2 Å². The molecule has 2 amide bonds. The lowest BCUT2D eigenvalue weighted by atomic mass is 10.1. The van der Waals surface area contributed by atoms with Crippen molar-refractivity contribution in [3.05, 3.63) is 40.2 Å². The highest BCUT2D eigenvalue weighted by molar-refractivity contribution is 6.00. The molecule has 3 rings (SSSR count). The van der Waals surface area contributed by atoms with Crippen LogP contribution in [0.25, 0.3) is 10.9 Å². The third-order valence-corrected chi connectivity index (χ3v) is 3.69. The summed E-state index contributed by atoms with van der Waals surface area (Å²) in [6, 6.07) is 3.94. The molecule has 1 atom stereocenters. The van der Waals surface area contributed by atoms with E-state index in [1.807, 2.05) is 0 Å². The molecular weight excluding hydrogens is 302 g/mol. The highest BCUT2D eigenvalue weighted by Crippen LogP contribution is 2.17. The van der Waals surface area contributed by atoms with Crippen LogP contribution in [-0.2, 0) is 9.59 Å². The first kappa shape index (κ1) is 14.8. The molecule has 8 nitrogen and oxygen atoms in total. The molecule has 1 saturated heterocycles. The van der Waals surface area contributed by atoms with Crippen LogP contribution in [0, 0.1) is 0 Å². The summed E-state index contributed by atoms with van der Waals surface area (Å²) >= 11 is 0. The van der Waals surface area contributed by atoms with Crippen LogP contribution in [0.3, 0.4) is 0 Å². The number of nitrogens with one attached hydrogen (secondary N) is 3. The van der Waals surface area contributed by atoms with E-state index in [4.69, 9.17) is 5.11 Å². The van der Waals surface area contributed by atoms with Gasteiger partial charge in [-0.15, -0.1) is 0 Å². The Morgan fingerprint density at radius 2 is 2.04 bits per heavy atom. The Hall–Kier alpha value is -3.16. The molecule has 0 bridgehead atoms. The molecule has 1 fully saturated rings. The number of H-pyrrole nitrogens is 1. The van der Waals surface area contributed by atoms with Crippen LogP contribution < -0.4 is 16.1 Å². The summed E-state index contributed by atoms with van der Waals surface area (Å²) in [5.74, 6) is -1.80. The van der Waals surface area contributed by atoms with E-state index in [2.05, 4.69) is 15.6 Å². The molecule has 23 heavy (non-hydrogen) atoms. The minimum Gasteiger partial charge on any atom is -0.477 e. The van der Waals surface area contributed by atoms with E-state index in [1.165, 1.54) is 18.2 Å². The fourth-order valence-electron chi connectivity index (χ4n) is 2.50. The van der Waals surface area contributed by atoms with Crippen molar-refractivity contribution in [3.8, 4) is 0 Å². The number of carbonyl (C=O) groups excluding carboxylic acids is 2. The maximum absolute atomic E-state index is 12.0. The molecule has 0 spiro atoms. The number of aromatic amines is 1. The minimum absolute atomic E-state index is 0.158. The highest BCUT2D eigenvalue weighted by atomic mass is 16.4. The van der Waals surface area contributed by atoms with E-state index in [9.17, 15) is 19.2 Å². The normalized spacial score (nSPS) is 17.0. The lowest BCUT2D eigenvalue weighted by Gasteiger charge is -2.11. The second-order valence-corrected chi connectivity index (χ2v) is 5.25. The van der Waals surface area contributed by atoms with Gasteiger partial charge in [0, 0.05) is 23.7 Å². The number of hydrogen-bond acceptors (Lipinski definition) is 4. The Balaban J connectivity index is 1.87. The molecule has 2 aromatic rings. The van der Waals surface area contributed by atoms with E-state index in [-0.39, 0.29) is 22.8 Å². The van der Waals surface area contributed by atoms with Gasteiger partial charge in [0.25, 0.3) is 0 Å². The van der Waals surface area contributed by atoms with Gasteiger partial charge < -0.3 is 20.7 Å². The lowest BCUT2D eigenvalue weighted by molar-refractivity contribution is -0.122. The number of hydrogen-bond donors (Lipinski definition) is 4. The molecule has 4 N–H and O–H groups in total. The maximum atomic E-state index is 12.0. The Morgan fingerprint density at radius 1 is 1.26 bits per heavy atom. The van der Waals surface area contributed by atoms with Crippen LogP contribution in [0.1, 0.15) is 23.2 Å². The van der Waals surface area contributed by atoms with E-state index in [0.29, 0.717) is 24.0 Å². The van der Waals surface area contributed by atoms with Crippen molar-refractivity contribution in [3.63, 3.8) is 0 Å². The second kappa shape index (κ2) is 5.56. The van der Waals surface area contributed by atoms with Crippen molar-refractivity contribution in [2.75, 3.05) is 5.32 Å². The third kappa shape index (κ3) is 2.78. The van der Waals surface area contributed by atoms with Gasteiger partial charge in [0.05, 0.1) is 5.52 Å². The largest absolute Gasteiger partial charge is 0.477 e. The number of fused-ring (bicyclic) bond motifs is 1. The van der Waals surface area contributed by atoms with Crippen molar-refractivity contribution >= 4 is 34.4 Å². The number of amides is 2. The van der Waals surface area contributed by atoms with Gasteiger partial charge in [-0.05, 0) is 24.6 Å². The molecule has 0 aliphatic carbocycles. The predicted octanol–water partition coefficient (Wildman–Crippen LogP) is 0.443. The fourth-order valence-corrected chi connectivity index (χ4v) is 2.50. The monoisotopic (exact) mass is 315 g/mol.